The third-order valence-electron chi connectivity index (χ3n) is 5.17. The van der Waals surface area contributed by atoms with Crippen LogP contribution in [-0.2, 0) is 12.8 Å². The van der Waals surface area contributed by atoms with Crippen LogP contribution in [0, 0.1) is 0 Å². The lowest BCUT2D eigenvalue weighted by Crippen LogP contribution is -1.98. The van der Waals surface area contributed by atoms with Gasteiger partial charge in [-0.05, 0) is 67.5 Å². The Labute approximate surface area is 157 Å². The molecule has 1 heterocycles. The predicted octanol–water partition coefficient (Wildman–Crippen LogP) is 6.24. The van der Waals surface area contributed by atoms with Crippen molar-refractivity contribution in [3.63, 3.8) is 0 Å². The molecule has 0 aliphatic heterocycles. The highest BCUT2D eigenvalue weighted by Crippen LogP contribution is 2.29. The topological polar surface area (TPSA) is 41.8 Å². The van der Waals surface area contributed by atoms with Gasteiger partial charge in [0, 0.05) is 16.6 Å². The summed E-state index contributed by atoms with van der Waals surface area (Å²) in [5.74, 6) is 0. The second kappa shape index (κ2) is 9.59. The van der Waals surface area contributed by atoms with Gasteiger partial charge in [0.25, 0.3) is 0 Å². The standard InChI is InChI=1S/C24H32N2/c1-2-3-11-19-16-21(14-7-4-5-10-15-25)24-22(17-19)18-23(26-24)20-12-8-6-9-13-20/h6,8-9,12-13,16-18,26H,2-5,7,10-11,14-15,25H2,1H3. The van der Waals surface area contributed by atoms with E-state index in [9.17, 15) is 0 Å². The van der Waals surface area contributed by atoms with Crippen molar-refractivity contribution in [1.82, 2.24) is 4.98 Å². The summed E-state index contributed by atoms with van der Waals surface area (Å²) in [7, 11) is 0. The largest absolute Gasteiger partial charge is 0.354 e. The van der Waals surface area contributed by atoms with Crippen LogP contribution in [0.1, 0.15) is 56.6 Å². The number of aromatic amines is 1. The maximum atomic E-state index is 5.62. The Morgan fingerprint density at radius 2 is 1.65 bits per heavy atom. The molecule has 2 aromatic carbocycles. The molecule has 0 aliphatic carbocycles. The van der Waals surface area contributed by atoms with Crippen molar-refractivity contribution in [3.8, 4) is 11.3 Å². The number of aryl methyl sites for hydroxylation is 2. The van der Waals surface area contributed by atoms with E-state index in [2.05, 4.69) is 60.4 Å². The van der Waals surface area contributed by atoms with Crippen LogP contribution in [-0.4, -0.2) is 11.5 Å². The molecule has 1 aromatic heterocycles. The summed E-state index contributed by atoms with van der Waals surface area (Å²) >= 11 is 0. The highest BCUT2D eigenvalue weighted by Gasteiger charge is 2.09. The van der Waals surface area contributed by atoms with E-state index in [1.54, 1.807) is 0 Å². The number of nitrogens with two attached hydrogens (primary N) is 1. The summed E-state index contributed by atoms with van der Waals surface area (Å²) in [5.41, 5.74) is 12.4. The van der Waals surface area contributed by atoms with Gasteiger partial charge in [0.05, 0.1) is 0 Å². The molecule has 0 radical (unpaired) electrons. The number of rotatable bonds is 10. The zero-order valence-electron chi connectivity index (χ0n) is 16.1. The molecule has 0 spiro atoms. The van der Waals surface area contributed by atoms with Gasteiger partial charge in [0.15, 0.2) is 0 Å². The Kier molecular flexibility index (Phi) is 6.90. The number of fused-ring (bicyclic) bond motifs is 1. The summed E-state index contributed by atoms with van der Waals surface area (Å²) < 4.78 is 0. The highest BCUT2D eigenvalue weighted by molar-refractivity contribution is 5.89. The van der Waals surface area contributed by atoms with Crippen LogP contribution in [0.5, 0.6) is 0 Å². The summed E-state index contributed by atoms with van der Waals surface area (Å²) in [6, 6.07) is 17.8. The van der Waals surface area contributed by atoms with Gasteiger partial charge in [-0.15, -0.1) is 0 Å². The molecule has 0 unspecified atom stereocenters. The smallest absolute Gasteiger partial charge is 0.0491 e. The zero-order chi connectivity index (χ0) is 18.2. The van der Waals surface area contributed by atoms with Gasteiger partial charge >= 0.3 is 0 Å². The Hall–Kier alpha value is -2.06. The first-order valence-corrected chi connectivity index (χ1v) is 10.2. The Morgan fingerprint density at radius 3 is 2.42 bits per heavy atom. The van der Waals surface area contributed by atoms with Crippen molar-refractivity contribution in [2.45, 2.75) is 58.3 Å². The van der Waals surface area contributed by atoms with E-state index in [1.165, 1.54) is 71.8 Å². The molecular formula is C24H32N2. The average molecular weight is 349 g/mol. The van der Waals surface area contributed by atoms with E-state index >= 15 is 0 Å². The number of aromatic nitrogens is 1. The van der Waals surface area contributed by atoms with Gasteiger partial charge in [-0.25, -0.2) is 0 Å². The first-order valence-electron chi connectivity index (χ1n) is 10.2. The van der Waals surface area contributed by atoms with Crippen molar-refractivity contribution < 1.29 is 0 Å². The summed E-state index contributed by atoms with van der Waals surface area (Å²) in [5, 5.41) is 1.36. The first-order chi connectivity index (χ1) is 12.8. The maximum Gasteiger partial charge on any atom is 0.0491 e. The Bertz CT molecular complexity index is 802. The quantitative estimate of drug-likeness (QED) is 0.418. The molecule has 0 amide bonds. The molecule has 0 saturated heterocycles. The second-order valence-corrected chi connectivity index (χ2v) is 7.32. The van der Waals surface area contributed by atoms with Crippen molar-refractivity contribution in [3.05, 3.63) is 59.7 Å². The van der Waals surface area contributed by atoms with E-state index in [0.29, 0.717) is 0 Å². The van der Waals surface area contributed by atoms with Gasteiger partial charge < -0.3 is 10.7 Å². The minimum absolute atomic E-state index is 0.813. The van der Waals surface area contributed by atoms with Crippen LogP contribution in [0.4, 0.5) is 0 Å². The van der Waals surface area contributed by atoms with Gasteiger partial charge in [0.2, 0.25) is 0 Å². The second-order valence-electron chi connectivity index (χ2n) is 7.32. The number of H-pyrrole nitrogens is 1. The van der Waals surface area contributed by atoms with Gasteiger partial charge in [-0.2, -0.15) is 0 Å². The number of hydrogen-bond acceptors (Lipinski definition) is 1. The molecular weight excluding hydrogens is 316 g/mol. The molecule has 3 rings (SSSR count). The van der Waals surface area contributed by atoms with Crippen molar-refractivity contribution >= 4 is 10.9 Å². The van der Waals surface area contributed by atoms with E-state index < -0.39 is 0 Å². The van der Waals surface area contributed by atoms with Crippen LogP contribution >= 0.6 is 0 Å². The number of hydrogen-bond donors (Lipinski definition) is 2. The molecule has 3 N–H and O–H groups in total. The third kappa shape index (κ3) is 4.76. The normalized spacial score (nSPS) is 11.3. The molecule has 0 atom stereocenters. The minimum Gasteiger partial charge on any atom is -0.354 e. The zero-order valence-corrected chi connectivity index (χ0v) is 16.1. The molecule has 2 heteroatoms. The van der Waals surface area contributed by atoms with Crippen LogP contribution < -0.4 is 5.73 Å². The van der Waals surface area contributed by atoms with Gasteiger partial charge in [-0.1, -0.05) is 62.6 Å². The fourth-order valence-corrected chi connectivity index (χ4v) is 3.70. The maximum absolute atomic E-state index is 5.62. The fraction of sp³-hybridized carbons (Fsp3) is 0.417. The monoisotopic (exact) mass is 348 g/mol. The number of unbranched alkanes of at least 4 members (excludes halogenated alkanes) is 4. The fourth-order valence-electron chi connectivity index (χ4n) is 3.70. The summed E-state index contributed by atoms with van der Waals surface area (Å²) in [4.78, 5) is 3.70. The lowest BCUT2D eigenvalue weighted by atomic mass is 9.98. The molecule has 0 bridgehead atoms. The van der Waals surface area contributed by atoms with Crippen molar-refractivity contribution in [2.24, 2.45) is 5.73 Å². The lowest BCUT2D eigenvalue weighted by molar-refractivity contribution is 0.647. The molecule has 138 valence electrons. The highest BCUT2D eigenvalue weighted by atomic mass is 14.7. The molecule has 0 aliphatic rings. The molecule has 2 nitrogen and oxygen atoms in total. The first kappa shape index (κ1) is 18.7. The number of benzene rings is 2. The Morgan fingerprint density at radius 1 is 0.846 bits per heavy atom. The van der Waals surface area contributed by atoms with E-state index in [-0.39, 0.29) is 0 Å². The summed E-state index contributed by atoms with van der Waals surface area (Å²) in [6.07, 6.45) is 9.73. The predicted molar refractivity (Wildman–Crippen MR) is 114 cm³/mol. The van der Waals surface area contributed by atoms with E-state index in [4.69, 9.17) is 5.73 Å². The van der Waals surface area contributed by atoms with Crippen LogP contribution in [0.25, 0.3) is 22.2 Å². The third-order valence-corrected chi connectivity index (χ3v) is 5.17. The SMILES string of the molecule is CCCCc1cc(CCCCCCN)c2[nH]c(-c3ccccc3)cc2c1. The van der Waals surface area contributed by atoms with Gasteiger partial charge in [0.1, 0.15) is 0 Å². The Balaban J connectivity index is 1.87. The summed E-state index contributed by atoms with van der Waals surface area (Å²) in [6.45, 7) is 3.08. The van der Waals surface area contributed by atoms with Crippen molar-refractivity contribution in [2.75, 3.05) is 6.54 Å². The molecule has 0 fully saturated rings. The van der Waals surface area contributed by atoms with Crippen LogP contribution in [0.3, 0.4) is 0 Å². The number of nitrogens with one attached hydrogen (secondary N) is 1. The van der Waals surface area contributed by atoms with Crippen LogP contribution in [0.2, 0.25) is 0 Å². The average Bonchev–Trinajstić information content (AvgIpc) is 3.11. The minimum atomic E-state index is 0.813. The van der Waals surface area contributed by atoms with E-state index in [0.717, 1.165) is 19.4 Å². The molecule has 26 heavy (non-hydrogen) atoms. The van der Waals surface area contributed by atoms with Gasteiger partial charge in [-0.3, -0.25) is 0 Å². The van der Waals surface area contributed by atoms with E-state index in [1.807, 2.05) is 0 Å². The molecule has 0 saturated carbocycles. The van der Waals surface area contributed by atoms with Crippen LogP contribution in [0.15, 0.2) is 48.5 Å². The lowest BCUT2D eigenvalue weighted by Gasteiger charge is -2.08. The molecule has 3 aromatic rings. The van der Waals surface area contributed by atoms with Crippen molar-refractivity contribution in [1.29, 1.82) is 0 Å².